The van der Waals surface area contributed by atoms with E-state index >= 15 is 0 Å². The molecule has 0 saturated heterocycles. The highest BCUT2D eigenvalue weighted by Crippen LogP contribution is 2.24. The zero-order chi connectivity index (χ0) is 13.2. The van der Waals surface area contributed by atoms with Crippen LogP contribution >= 0.6 is 11.6 Å². The second-order valence-corrected chi connectivity index (χ2v) is 4.93. The molecule has 0 aliphatic carbocycles. The molecule has 2 aromatic carbocycles. The van der Waals surface area contributed by atoms with Gasteiger partial charge in [0.05, 0.1) is 18.2 Å². The Bertz CT molecular complexity index is 699. The molecule has 0 saturated carbocycles. The second-order valence-electron chi connectivity index (χ2n) is 4.49. The van der Waals surface area contributed by atoms with Crippen LogP contribution in [0.4, 0.5) is 0 Å². The van der Waals surface area contributed by atoms with Crippen molar-refractivity contribution in [2.75, 3.05) is 0 Å². The highest BCUT2D eigenvalue weighted by molar-refractivity contribution is 6.30. The van der Waals surface area contributed by atoms with E-state index in [9.17, 15) is 0 Å². The summed E-state index contributed by atoms with van der Waals surface area (Å²) in [6.07, 6.45) is 3.70. The topological polar surface area (TPSA) is 17.8 Å². The van der Waals surface area contributed by atoms with Crippen LogP contribution in [0.3, 0.4) is 0 Å². The number of benzene rings is 2. The van der Waals surface area contributed by atoms with Crippen molar-refractivity contribution in [3.63, 3.8) is 0 Å². The van der Waals surface area contributed by atoms with Crippen molar-refractivity contribution in [1.29, 1.82) is 0 Å². The fraction of sp³-hybridized carbons (Fsp3) is 0.0625. The minimum Gasteiger partial charge on any atom is -0.299 e. The predicted octanol–water partition coefficient (Wildman–Crippen LogP) is 4.50. The third kappa shape index (κ3) is 2.40. The maximum Gasteiger partial charge on any atom is 0.0997 e. The fourth-order valence-corrected chi connectivity index (χ4v) is 2.25. The molecular formula is C16H13ClN2. The Labute approximate surface area is 117 Å². The summed E-state index contributed by atoms with van der Waals surface area (Å²) < 4.78 is 2.06. The molecule has 2 nitrogen and oxygen atoms in total. The SMILES string of the molecule is Cc1cccc(-c2cncn2-c2ccc(Cl)cc2)c1. The Balaban J connectivity index is 2.10. The van der Waals surface area contributed by atoms with E-state index in [0.717, 1.165) is 22.0 Å². The van der Waals surface area contributed by atoms with E-state index in [0.29, 0.717) is 0 Å². The summed E-state index contributed by atoms with van der Waals surface area (Å²) >= 11 is 5.93. The molecule has 0 amide bonds. The molecule has 3 rings (SSSR count). The van der Waals surface area contributed by atoms with Gasteiger partial charge in [-0.25, -0.2) is 4.98 Å². The minimum absolute atomic E-state index is 0.737. The van der Waals surface area contributed by atoms with Crippen molar-refractivity contribution in [1.82, 2.24) is 9.55 Å². The van der Waals surface area contributed by atoms with Gasteiger partial charge in [0.2, 0.25) is 0 Å². The third-order valence-electron chi connectivity index (χ3n) is 3.06. The van der Waals surface area contributed by atoms with Crippen molar-refractivity contribution in [2.24, 2.45) is 0 Å². The number of nitrogens with zero attached hydrogens (tertiary/aromatic N) is 2. The quantitative estimate of drug-likeness (QED) is 0.669. The molecule has 1 heterocycles. The van der Waals surface area contributed by atoms with Crippen LogP contribution in [-0.4, -0.2) is 9.55 Å². The highest BCUT2D eigenvalue weighted by Gasteiger charge is 2.06. The molecule has 0 bridgehead atoms. The molecule has 0 radical (unpaired) electrons. The minimum atomic E-state index is 0.737. The van der Waals surface area contributed by atoms with Gasteiger partial charge in [-0.2, -0.15) is 0 Å². The number of aryl methyl sites for hydroxylation is 1. The summed E-state index contributed by atoms with van der Waals surface area (Å²) in [5.41, 5.74) is 4.53. The number of hydrogen-bond donors (Lipinski definition) is 0. The van der Waals surface area contributed by atoms with Gasteiger partial charge < -0.3 is 0 Å². The molecule has 3 aromatic rings. The molecule has 0 aliphatic heterocycles. The normalized spacial score (nSPS) is 10.6. The lowest BCUT2D eigenvalue weighted by Gasteiger charge is -2.09. The number of rotatable bonds is 2. The van der Waals surface area contributed by atoms with Gasteiger partial charge in [-0.05, 0) is 37.3 Å². The number of hydrogen-bond acceptors (Lipinski definition) is 1. The largest absolute Gasteiger partial charge is 0.299 e. The number of aromatic nitrogens is 2. The Morgan fingerprint density at radius 2 is 1.84 bits per heavy atom. The first kappa shape index (κ1) is 12.0. The van der Waals surface area contributed by atoms with Gasteiger partial charge in [0.1, 0.15) is 0 Å². The second kappa shape index (κ2) is 4.90. The Kier molecular flexibility index (Phi) is 3.10. The van der Waals surface area contributed by atoms with Gasteiger partial charge in [0.25, 0.3) is 0 Å². The highest BCUT2D eigenvalue weighted by atomic mass is 35.5. The fourth-order valence-electron chi connectivity index (χ4n) is 2.12. The molecule has 1 aromatic heterocycles. The van der Waals surface area contributed by atoms with Crippen molar-refractivity contribution in [3.05, 3.63) is 71.6 Å². The smallest absolute Gasteiger partial charge is 0.0997 e. The standard InChI is InChI=1S/C16H13ClN2/c1-12-3-2-4-13(9-12)16-10-18-11-19(16)15-7-5-14(17)6-8-15/h2-11H,1H3. The molecular weight excluding hydrogens is 256 g/mol. The van der Waals surface area contributed by atoms with E-state index < -0.39 is 0 Å². The van der Waals surface area contributed by atoms with Gasteiger partial charge >= 0.3 is 0 Å². The van der Waals surface area contributed by atoms with Gasteiger partial charge in [-0.1, -0.05) is 35.4 Å². The monoisotopic (exact) mass is 268 g/mol. The first-order chi connectivity index (χ1) is 9.24. The molecule has 0 atom stereocenters. The van der Waals surface area contributed by atoms with Crippen LogP contribution < -0.4 is 0 Å². The lowest BCUT2D eigenvalue weighted by molar-refractivity contribution is 1.06. The molecule has 0 N–H and O–H groups in total. The zero-order valence-corrected chi connectivity index (χ0v) is 11.3. The van der Waals surface area contributed by atoms with E-state index in [2.05, 4.69) is 40.7 Å². The van der Waals surface area contributed by atoms with Gasteiger partial charge in [0, 0.05) is 16.3 Å². The number of halogens is 1. The van der Waals surface area contributed by atoms with Crippen LogP contribution in [0.5, 0.6) is 0 Å². The molecule has 0 fully saturated rings. The zero-order valence-electron chi connectivity index (χ0n) is 10.5. The molecule has 0 spiro atoms. The van der Waals surface area contributed by atoms with Gasteiger partial charge in [0.15, 0.2) is 0 Å². The molecule has 94 valence electrons. The van der Waals surface area contributed by atoms with Crippen molar-refractivity contribution in [2.45, 2.75) is 6.92 Å². The van der Waals surface area contributed by atoms with E-state index in [1.165, 1.54) is 5.56 Å². The Morgan fingerprint density at radius 3 is 2.58 bits per heavy atom. The number of imidazole rings is 1. The van der Waals surface area contributed by atoms with Crippen molar-refractivity contribution < 1.29 is 0 Å². The predicted molar refractivity (Wildman–Crippen MR) is 78.7 cm³/mol. The first-order valence-corrected chi connectivity index (χ1v) is 6.47. The van der Waals surface area contributed by atoms with Crippen LogP contribution in [0.2, 0.25) is 5.02 Å². The van der Waals surface area contributed by atoms with Crippen LogP contribution in [0, 0.1) is 6.92 Å². The van der Waals surface area contributed by atoms with Crippen LogP contribution in [0.1, 0.15) is 5.56 Å². The average molecular weight is 269 g/mol. The van der Waals surface area contributed by atoms with E-state index in [1.54, 1.807) is 0 Å². The Hall–Kier alpha value is -2.06. The Morgan fingerprint density at radius 1 is 1.05 bits per heavy atom. The molecule has 3 heteroatoms. The summed E-state index contributed by atoms with van der Waals surface area (Å²) in [4.78, 5) is 4.26. The maximum absolute atomic E-state index is 5.93. The summed E-state index contributed by atoms with van der Waals surface area (Å²) in [6.45, 7) is 2.09. The summed E-state index contributed by atoms with van der Waals surface area (Å²) in [5, 5.41) is 0.737. The summed E-state index contributed by atoms with van der Waals surface area (Å²) in [6, 6.07) is 16.1. The molecule has 0 unspecified atom stereocenters. The van der Waals surface area contributed by atoms with Crippen molar-refractivity contribution in [3.8, 4) is 16.9 Å². The van der Waals surface area contributed by atoms with Gasteiger partial charge in [-0.15, -0.1) is 0 Å². The maximum atomic E-state index is 5.93. The molecule has 19 heavy (non-hydrogen) atoms. The van der Waals surface area contributed by atoms with Crippen LogP contribution in [-0.2, 0) is 0 Å². The third-order valence-corrected chi connectivity index (χ3v) is 3.31. The van der Waals surface area contributed by atoms with Crippen LogP contribution in [0.25, 0.3) is 16.9 Å². The average Bonchev–Trinajstić information content (AvgIpc) is 2.89. The summed E-state index contributed by atoms with van der Waals surface area (Å²) in [5.74, 6) is 0. The van der Waals surface area contributed by atoms with E-state index in [4.69, 9.17) is 11.6 Å². The van der Waals surface area contributed by atoms with Gasteiger partial charge in [-0.3, -0.25) is 4.57 Å². The lowest BCUT2D eigenvalue weighted by atomic mass is 10.1. The first-order valence-electron chi connectivity index (χ1n) is 6.09. The lowest BCUT2D eigenvalue weighted by Crippen LogP contribution is -1.94. The molecule has 0 aliphatic rings. The van der Waals surface area contributed by atoms with E-state index in [-0.39, 0.29) is 0 Å². The summed E-state index contributed by atoms with van der Waals surface area (Å²) in [7, 11) is 0. The van der Waals surface area contributed by atoms with Crippen LogP contribution in [0.15, 0.2) is 61.1 Å². The van der Waals surface area contributed by atoms with E-state index in [1.807, 2.05) is 36.8 Å². The van der Waals surface area contributed by atoms with Crippen molar-refractivity contribution >= 4 is 11.6 Å².